The van der Waals surface area contributed by atoms with E-state index in [1.165, 1.54) is 18.2 Å². The third-order valence-electron chi connectivity index (χ3n) is 4.63. The SMILES string of the molecule is O=C(/C=C/c1cccc([N+](=O)[O-])c1)N1CCN(Cc2c(Cl)cccc2Cl)CC1. The maximum atomic E-state index is 12.4. The molecule has 2 aromatic rings. The molecule has 0 bridgehead atoms. The van der Waals surface area contributed by atoms with Crippen LogP contribution in [0.1, 0.15) is 11.1 Å². The molecule has 0 N–H and O–H groups in total. The Morgan fingerprint density at radius 1 is 1.07 bits per heavy atom. The number of nitrogens with zero attached hydrogens (tertiary/aromatic N) is 3. The molecule has 0 aliphatic carbocycles. The Labute approximate surface area is 173 Å². The van der Waals surface area contributed by atoms with E-state index >= 15 is 0 Å². The summed E-state index contributed by atoms with van der Waals surface area (Å²) in [4.78, 5) is 26.8. The molecule has 0 spiro atoms. The molecule has 0 atom stereocenters. The largest absolute Gasteiger partial charge is 0.337 e. The molecule has 1 heterocycles. The monoisotopic (exact) mass is 419 g/mol. The first-order valence-corrected chi connectivity index (χ1v) is 9.56. The molecule has 0 saturated carbocycles. The van der Waals surface area contributed by atoms with Gasteiger partial charge in [0.1, 0.15) is 0 Å². The Morgan fingerprint density at radius 2 is 1.71 bits per heavy atom. The van der Waals surface area contributed by atoms with Gasteiger partial charge < -0.3 is 4.90 Å². The Balaban J connectivity index is 1.55. The molecule has 1 aliphatic heterocycles. The highest BCUT2D eigenvalue weighted by Crippen LogP contribution is 2.26. The second kappa shape index (κ2) is 9.19. The van der Waals surface area contributed by atoms with Crippen LogP contribution in [0.5, 0.6) is 0 Å². The summed E-state index contributed by atoms with van der Waals surface area (Å²) < 4.78 is 0. The standard InChI is InChI=1S/C20H19Cl2N3O3/c21-18-5-2-6-19(22)17(18)14-23-9-11-24(12-10-23)20(26)8-7-15-3-1-4-16(13-15)25(27)28/h1-8,13H,9-12,14H2/b8-7+. The molecule has 1 saturated heterocycles. The second-order valence-corrected chi connectivity index (χ2v) is 7.30. The van der Waals surface area contributed by atoms with Gasteiger partial charge in [-0.1, -0.05) is 41.4 Å². The molecule has 1 amide bonds. The van der Waals surface area contributed by atoms with Gasteiger partial charge in [0.25, 0.3) is 5.69 Å². The fourth-order valence-electron chi connectivity index (χ4n) is 3.05. The van der Waals surface area contributed by atoms with E-state index in [2.05, 4.69) is 4.90 Å². The van der Waals surface area contributed by atoms with E-state index in [-0.39, 0.29) is 11.6 Å². The van der Waals surface area contributed by atoms with Crippen molar-refractivity contribution in [3.8, 4) is 0 Å². The lowest BCUT2D eigenvalue weighted by atomic mass is 10.1. The van der Waals surface area contributed by atoms with Gasteiger partial charge in [0.15, 0.2) is 0 Å². The van der Waals surface area contributed by atoms with Crippen LogP contribution in [0.2, 0.25) is 10.0 Å². The molecule has 0 radical (unpaired) electrons. The third kappa shape index (κ3) is 5.10. The molecule has 8 heteroatoms. The van der Waals surface area contributed by atoms with E-state index in [0.29, 0.717) is 35.2 Å². The summed E-state index contributed by atoms with van der Waals surface area (Å²) in [7, 11) is 0. The van der Waals surface area contributed by atoms with Crippen LogP contribution in [0.15, 0.2) is 48.5 Å². The van der Waals surface area contributed by atoms with E-state index in [0.717, 1.165) is 18.7 Å². The van der Waals surface area contributed by atoms with Crippen molar-refractivity contribution in [2.45, 2.75) is 6.54 Å². The van der Waals surface area contributed by atoms with Crippen LogP contribution in [0, 0.1) is 10.1 Å². The first kappa shape index (κ1) is 20.3. The molecule has 1 aliphatic rings. The van der Waals surface area contributed by atoms with Crippen molar-refractivity contribution >= 4 is 40.9 Å². The van der Waals surface area contributed by atoms with Crippen LogP contribution in [-0.4, -0.2) is 46.8 Å². The topological polar surface area (TPSA) is 66.7 Å². The molecule has 3 rings (SSSR count). The number of piperazine rings is 1. The van der Waals surface area contributed by atoms with E-state index in [1.54, 1.807) is 23.1 Å². The predicted octanol–water partition coefficient (Wildman–Crippen LogP) is 4.26. The fraction of sp³-hybridized carbons (Fsp3) is 0.250. The Morgan fingerprint density at radius 3 is 2.36 bits per heavy atom. The summed E-state index contributed by atoms with van der Waals surface area (Å²) in [6.07, 6.45) is 3.06. The van der Waals surface area contributed by atoms with Crippen LogP contribution in [-0.2, 0) is 11.3 Å². The van der Waals surface area contributed by atoms with Gasteiger partial charge in [0, 0.05) is 66.5 Å². The van der Waals surface area contributed by atoms with Crippen molar-refractivity contribution < 1.29 is 9.72 Å². The summed E-state index contributed by atoms with van der Waals surface area (Å²) >= 11 is 12.5. The second-order valence-electron chi connectivity index (χ2n) is 6.49. The molecular weight excluding hydrogens is 401 g/mol. The van der Waals surface area contributed by atoms with Gasteiger partial charge in [0.2, 0.25) is 5.91 Å². The normalized spacial score (nSPS) is 15.1. The first-order valence-electron chi connectivity index (χ1n) is 8.81. The van der Waals surface area contributed by atoms with Crippen molar-refractivity contribution in [1.29, 1.82) is 0 Å². The summed E-state index contributed by atoms with van der Waals surface area (Å²) in [6, 6.07) is 11.6. The predicted molar refractivity (Wildman–Crippen MR) is 110 cm³/mol. The minimum Gasteiger partial charge on any atom is -0.337 e. The van der Waals surface area contributed by atoms with Gasteiger partial charge in [0.05, 0.1) is 4.92 Å². The van der Waals surface area contributed by atoms with Gasteiger partial charge in [-0.3, -0.25) is 19.8 Å². The summed E-state index contributed by atoms with van der Waals surface area (Å²) in [5.74, 6) is -0.109. The molecule has 2 aromatic carbocycles. The van der Waals surface area contributed by atoms with Crippen LogP contribution in [0.4, 0.5) is 5.69 Å². The van der Waals surface area contributed by atoms with Gasteiger partial charge in [-0.05, 0) is 23.8 Å². The summed E-state index contributed by atoms with van der Waals surface area (Å²) in [5.41, 5.74) is 1.52. The lowest BCUT2D eigenvalue weighted by molar-refractivity contribution is -0.384. The number of rotatable bonds is 5. The Kier molecular flexibility index (Phi) is 6.67. The number of nitro groups is 1. The van der Waals surface area contributed by atoms with Crippen LogP contribution in [0.25, 0.3) is 6.08 Å². The van der Waals surface area contributed by atoms with E-state index < -0.39 is 4.92 Å². The van der Waals surface area contributed by atoms with Gasteiger partial charge in [-0.25, -0.2) is 0 Å². The smallest absolute Gasteiger partial charge is 0.270 e. The number of benzene rings is 2. The fourth-order valence-corrected chi connectivity index (χ4v) is 3.57. The zero-order valence-electron chi connectivity index (χ0n) is 15.1. The van der Waals surface area contributed by atoms with Crippen LogP contribution < -0.4 is 0 Å². The average Bonchev–Trinajstić information content (AvgIpc) is 2.70. The first-order chi connectivity index (χ1) is 13.4. The Hall–Kier alpha value is -2.41. The average molecular weight is 420 g/mol. The van der Waals surface area contributed by atoms with Crippen LogP contribution in [0.3, 0.4) is 0 Å². The highest BCUT2D eigenvalue weighted by atomic mass is 35.5. The zero-order valence-corrected chi connectivity index (χ0v) is 16.6. The Bertz CT molecular complexity index is 889. The molecule has 6 nitrogen and oxygen atoms in total. The molecular formula is C20H19Cl2N3O3. The zero-order chi connectivity index (χ0) is 20.1. The quantitative estimate of drug-likeness (QED) is 0.412. The van der Waals surface area contributed by atoms with Crippen LogP contribution >= 0.6 is 23.2 Å². The third-order valence-corrected chi connectivity index (χ3v) is 5.33. The number of halogens is 2. The maximum absolute atomic E-state index is 12.4. The minimum atomic E-state index is -0.455. The molecule has 0 unspecified atom stereocenters. The van der Waals surface area contributed by atoms with Crippen molar-refractivity contribution in [3.05, 3.63) is 79.8 Å². The number of hydrogen-bond acceptors (Lipinski definition) is 4. The van der Waals surface area contributed by atoms with E-state index in [1.807, 2.05) is 18.2 Å². The number of hydrogen-bond donors (Lipinski definition) is 0. The minimum absolute atomic E-state index is 0.00134. The number of nitro benzene ring substituents is 1. The molecule has 0 aromatic heterocycles. The number of carbonyl (C=O) groups is 1. The number of carbonyl (C=O) groups excluding carboxylic acids is 1. The van der Waals surface area contributed by atoms with E-state index in [9.17, 15) is 14.9 Å². The molecule has 28 heavy (non-hydrogen) atoms. The molecule has 146 valence electrons. The summed E-state index contributed by atoms with van der Waals surface area (Å²) in [5, 5.41) is 12.1. The lowest BCUT2D eigenvalue weighted by Crippen LogP contribution is -2.47. The van der Waals surface area contributed by atoms with Gasteiger partial charge in [-0.2, -0.15) is 0 Å². The lowest BCUT2D eigenvalue weighted by Gasteiger charge is -2.34. The van der Waals surface area contributed by atoms with E-state index in [4.69, 9.17) is 23.2 Å². The van der Waals surface area contributed by atoms with Crippen molar-refractivity contribution in [2.75, 3.05) is 26.2 Å². The van der Waals surface area contributed by atoms with Gasteiger partial charge >= 0.3 is 0 Å². The van der Waals surface area contributed by atoms with Crippen molar-refractivity contribution in [3.63, 3.8) is 0 Å². The molecule has 1 fully saturated rings. The summed E-state index contributed by atoms with van der Waals surface area (Å²) in [6.45, 7) is 3.28. The van der Waals surface area contributed by atoms with Gasteiger partial charge in [-0.15, -0.1) is 0 Å². The number of amides is 1. The highest BCUT2D eigenvalue weighted by Gasteiger charge is 2.21. The van der Waals surface area contributed by atoms with Crippen molar-refractivity contribution in [1.82, 2.24) is 9.80 Å². The number of non-ortho nitro benzene ring substituents is 1. The van der Waals surface area contributed by atoms with Crippen molar-refractivity contribution in [2.24, 2.45) is 0 Å². The highest BCUT2D eigenvalue weighted by molar-refractivity contribution is 6.35. The maximum Gasteiger partial charge on any atom is 0.270 e.